The van der Waals surface area contributed by atoms with Crippen LogP contribution in [0.25, 0.3) is 0 Å². The molecule has 0 aromatic heterocycles. The van der Waals surface area contributed by atoms with E-state index < -0.39 is 26.8 Å². The number of amides is 2. The van der Waals surface area contributed by atoms with Gasteiger partial charge in [-0.1, -0.05) is 30.3 Å². The minimum atomic E-state index is -3.94. The van der Waals surface area contributed by atoms with E-state index in [9.17, 15) is 28.1 Å². The molecule has 0 radical (unpaired) electrons. The first-order chi connectivity index (χ1) is 17.6. The van der Waals surface area contributed by atoms with Crippen LogP contribution >= 0.6 is 0 Å². The minimum absolute atomic E-state index is 0.0566. The van der Waals surface area contributed by atoms with E-state index in [1.807, 2.05) is 6.07 Å². The van der Waals surface area contributed by atoms with Crippen molar-refractivity contribution in [2.45, 2.75) is 10.8 Å². The molecule has 0 aliphatic carbocycles. The molecule has 1 heterocycles. The number of carbonyl (C=O) groups excluding carboxylic acids is 2. The third-order valence-electron chi connectivity index (χ3n) is 5.73. The number of carbonyl (C=O) groups is 2. The SMILES string of the molecule is CN(C)C(=O)CNS(=O)(=O)c1ccc(N=C(c2ccccc2)C2C(=O)Nc3ccc([N+](=O)[O-])cc32)cc1. The van der Waals surface area contributed by atoms with Crippen LogP contribution in [0.4, 0.5) is 17.1 Å². The Hall–Kier alpha value is -4.42. The molecule has 4 rings (SSSR count). The number of nitrogens with zero attached hydrogens (tertiary/aromatic N) is 3. The van der Waals surface area contributed by atoms with E-state index in [4.69, 9.17) is 0 Å². The highest BCUT2D eigenvalue weighted by Gasteiger charge is 2.36. The Morgan fingerprint density at radius 2 is 1.76 bits per heavy atom. The fourth-order valence-corrected chi connectivity index (χ4v) is 4.75. The Labute approximate surface area is 213 Å². The number of benzene rings is 3. The molecule has 37 heavy (non-hydrogen) atoms. The third-order valence-corrected chi connectivity index (χ3v) is 7.15. The summed E-state index contributed by atoms with van der Waals surface area (Å²) in [6.07, 6.45) is 0. The van der Waals surface area contributed by atoms with E-state index in [0.29, 0.717) is 28.2 Å². The molecule has 2 amide bonds. The summed E-state index contributed by atoms with van der Waals surface area (Å²) in [6.45, 7) is -0.379. The maximum Gasteiger partial charge on any atom is 0.269 e. The molecular weight excluding hydrogens is 498 g/mol. The van der Waals surface area contributed by atoms with Gasteiger partial charge in [-0.3, -0.25) is 24.7 Å². The second kappa shape index (κ2) is 10.3. The lowest BCUT2D eigenvalue weighted by molar-refractivity contribution is -0.384. The van der Waals surface area contributed by atoms with Crippen LogP contribution in [0, 0.1) is 10.1 Å². The first-order valence-corrected chi connectivity index (χ1v) is 12.6. The molecule has 0 spiro atoms. The number of hydrogen-bond donors (Lipinski definition) is 2. The Kier molecular flexibility index (Phi) is 7.14. The number of anilines is 1. The molecule has 0 fully saturated rings. The van der Waals surface area contributed by atoms with Gasteiger partial charge in [0, 0.05) is 37.5 Å². The van der Waals surface area contributed by atoms with E-state index >= 15 is 0 Å². The predicted molar refractivity (Wildman–Crippen MR) is 137 cm³/mol. The molecule has 3 aromatic rings. The van der Waals surface area contributed by atoms with Gasteiger partial charge in [0.2, 0.25) is 21.8 Å². The van der Waals surface area contributed by atoms with Crippen molar-refractivity contribution in [3.8, 4) is 0 Å². The zero-order chi connectivity index (χ0) is 26.7. The third kappa shape index (κ3) is 5.55. The van der Waals surface area contributed by atoms with E-state index in [0.717, 1.165) is 0 Å². The van der Waals surface area contributed by atoms with Crippen molar-refractivity contribution in [3.05, 3.63) is 94.0 Å². The predicted octanol–water partition coefficient (Wildman–Crippen LogP) is 2.82. The lowest BCUT2D eigenvalue weighted by Gasteiger charge is -2.14. The molecule has 12 heteroatoms. The average molecular weight is 522 g/mol. The fourth-order valence-electron chi connectivity index (χ4n) is 3.78. The summed E-state index contributed by atoms with van der Waals surface area (Å²) in [5.74, 6) is -1.70. The number of non-ortho nitro benzene ring substituents is 1. The second-order valence-corrected chi connectivity index (χ2v) is 10.2. The molecule has 0 bridgehead atoms. The Balaban J connectivity index is 1.71. The largest absolute Gasteiger partial charge is 0.348 e. The van der Waals surface area contributed by atoms with Gasteiger partial charge in [0.1, 0.15) is 5.92 Å². The Morgan fingerprint density at radius 1 is 1.08 bits per heavy atom. The number of nitro groups is 1. The van der Waals surface area contributed by atoms with E-state index in [1.165, 1.54) is 61.5 Å². The van der Waals surface area contributed by atoms with Crippen molar-refractivity contribution in [1.29, 1.82) is 0 Å². The second-order valence-electron chi connectivity index (χ2n) is 8.42. The number of sulfonamides is 1. The van der Waals surface area contributed by atoms with Crippen molar-refractivity contribution in [2.75, 3.05) is 26.0 Å². The van der Waals surface area contributed by atoms with E-state index in [1.54, 1.807) is 24.3 Å². The summed E-state index contributed by atoms with van der Waals surface area (Å²) < 4.78 is 27.4. The number of hydrogen-bond acceptors (Lipinski definition) is 7. The number of aliphatic imine (C=N–C) groups is 1. The molecule has 11 nitrogen and oxygen atoms in total. The monoisotopic (exact) mass is 521 g/mol. The molecular formula is C25H23N5O6S. The highest BCUT2D eigenvalue weighted by Crippen LogP contribution is 2.38. The van der Waals surface area contributed by atoms with Crippen LogP contribution in [0.1, 0.15) is 17.0 Å². The number of fused-ring (bicyclic) bond motifs is 1. The van der Waals surface area contributed by atoms with Gasteiger partial charge in [0.25, 0.3) is 5.69 Å². The Bertz CT molecular complexity index is 1500. The van der Waals surface area contributed by atoms with Gasteiger partial charge < -0.3 is 10.2 Å². The minimum Gasteiger partial charge on any atom is -0.348 e. The van der Waals surface area contributed by atoms with Gasteiger partial charge in [0.15, 0.2) is 0 Å². The maximum atomic E-state index is 13.0. The summed E-state index contributed by atoms with van der Waals surface area (Å²) in [5.41, 5.74) is 2.08. The molecule has 3 aromatic carbocycles. The standard InChI is InChI=1S/C25H23N5O6S/c1-29(2)22(31)15-26-37(35,36)19-11-8-17(9-12-19)27-24(16-6-4-3-5-7-16)23-20-14-18(30(33)34)10-13-21(20)28-25(23)32/h3-14,23,26H,15H2,1-2H3,(H,28,32). The van der Waals surface area contributed by atoms with Crippen LogP contribution in [0.2, 0.25) is 0 Å². The number of rotatable bonds is 8. The summed E-state index contributed by atoms with van der Waals surface area (Å²) in [7, 11) is -0.892. The lowest BCUT2D eigenvalue weighted by atomic mass is 9.90. The lowest BCUT2D eigenvalue weighted by Crippen LogP contribution is -2.36. The van der Waals surface area contributed by atoms with Gasteiger partial charge in [-0.2, -0.15) is 0 Å². The topological polar surface area (TPSA) is 151 Å². The molecule has 1 aliphatic heterocycles. The molecule has 0 saturated carbocycles. The summed E-state index contributed by atoms with van der Waals surface area (Å²) >= 11 is 0. The van der Waals surface area contributed by atoms with Crippen molar-refractivity contribution < 1.29 is 22.9 Å². The highest BCUT2D eigenvalue weighted by molar-refractivity contribution is 7.89. The van der Waals surface area contributed by atoms with Crippen LogP contribution in [-0.2, 0) is 19.6 Å². The molecule has 0 saturated heterocycles. The van der Waals surface area contributed by atoms with Gasteiger partial charge >= 0.3 is 0 Å². The van der Waals surface area contributed by atoms with Gasteiger partial charge in [-0.05, 0) is 35.9 Å². The molecule has 2 N–H and O–H groups in total. The summed E-state index contributed by atoms with van der Waals surface area (Å²) in [5, 5.41) is 14.1. The zero-order valence-electron chi connectivity index (χ0n) is 19.9. The van der Waals surface area contributed by atoms with E-state index in [-0.39, 0.29) is 23.0 Å². The van der Waals surface area contributed by atoms with Gasteiger partial charge in [0.05, 0.1) is 27.8 Å². The zero-order valence-corrected chi connectivity index (χ0v) is 20.7. The number of nitro benzene ring substituents is 1. The molecule has 190 valence electrons. The summed E-state index contributed by atoms with van der Waals surface area (Å²) in [6, 6.07) is 18.7. The molecule has 1 atom stereocenters. The van der Waals surface area contributed by atoms with Crippen LogP contribution in [0.5, 0.6) is 0 Å². The maximum absolute atomic E-state index is 13.0. The first kappa shape index (κ1) is 25.7. The van der Waals surface area contributed by atoms with Gasteiger partial charge in [-0.15, -0.1) is 0 Å². The van der Waals surface area contributed by atoms with Crippen LogP contribution in [-0.4, -0.2) is 56.4 Å². The van der Waals surface area contributed by atoms with Crippen LogP contribution in [0.15, 0.2) is 82.7 Å². The quantitative estimate of drug-likeness (QED) is 0.264. The molecule has 1 aliphatic rings. The normalized spacial score (nSPS) is 15.1. The number of nitrogens with one attached hydrogen (secondary N) is 2. The molecule has 1 unspecified atom stereocenters. The Morgan fingerprint density at radius 3 is 2.38 bits per heavy atom. The van der Waals surface area contributed by atoms with Crippen LogP contribution in [0.3, 0.4) is 0 Å². The van der Waals surface area contributed by atoms with E-state index in [2.05, 4.69) is 15.0 Å². The average Bonchev–Trinajstić information content (AvgIpc) is 3.21. The number of likely N-dealkylation sites (N-methyl/N-ethyl adjacent to an activating group) is 1. The first-order valence-electron chi connectivity index (χ1n) is 11.1. The van der Waals surface area contributed by atoms with Crippen molar-refractivity contribution in [3.63, 3.8) is 0 Å². The van der Waals surface area contributed by atoms with Gasteiger partial charge in [-0.25, -0.2) is 13.1 Å². The smallest absolute Gasteiger partial charge is 0.269 e. The fraction of sp³-hybridized carbons (Fsp3) is 0.160. The van der Waals surface area contributed by atoms with Crippen molar-refractivity contribution in [2.24, 2.45) is 4.99 Å². The summed E-state index contributed by atoms with van der Waals surface area (Å²) in [4.78, 5) is 41.4. The van der Waals surface area contributed by atoms with Crippen molar-refractivity contribution in [1.82, 2.24) is 9.62 Å². The van der Waals surface area contributed by atoms with Crippen molar-refractivity contribution >= 4 is 44.6 Å². The van der Waals surface area contributed by atoms with Crippen LogP contribution < -0.4 is 10.0 Å². The highest BCUT2D eigenvalue weighted by atomic mass is 32.2.